The van der Waals surface area contributed by atoms with Gasteiger partial charge in [0.25, 0.3) is 0 Å². The molecule has 4 rings (SSSR count). The van der Waals surface area contributed by atoms with Crippen molar-refractivity contribution >= 4 is 27.4 Å². The van der Waals surface area contributed by atoms with Gasteiger partial charge in [0.15, 0.2) is 0 Å². The van der Waals surface area contributed by atoms with Crippen LogP contribution in [-0.2, 0) is 32.4 Å². The molecule has 1 fully saturated rings. The fourth-order valence-corrected chi connectivity index (χ4v) is 5.58. The minimum atomic E-state index is -3.65. The summed E-state index contributed by atoms with van der Waals surface area (Å²) < 4.78 is 33.5. The van der Waals surface area contributed by atoms with E-state index in [1.807, 2.05) is 32.0 Å². The molecule has 1 aliphatic carbocycles. The van der Waals surface area contributed by atoms with Crippen LogP contribution in [0.15, 0.2) is 41.4 Å². The first-order valence-corrected chi connectivity index (χ1v) is 13.1. The number of carbonyl (C=O) groups excluding carboxylic acids is 1. The van der Waals surface area contributed by atoms with Crippen molar-refractivity contribution in [1.82, 2.24) is 9.71 Å². The fourth-order valence-electron chi connectivity index (χ4n) is 4.49. The van der Waals surface area contributed by atoms with Gasteiger partial charge in [-0.1, -0.05) is 6.07 Å². The van der Waals surface area contributed by atoms with E-state index in [1.54, 1.807) is 18.3 Å². The zero-order valence-corrected chi connectivity index (χ0v) is 20.0. The number of nitrogens with one attached hydrogen (secondary N) is 2. The molecule has 2 N–H and O–H groups in total. The fraction of sp³-hybridized carbons (Fsp3) is 0.500. The molecule has 2 aliphatic rings. The van der Waals surface area contributed by atoms with Crippen molar-refractivity contribution in [3.8, 4) is 0 Å². The van der Waals surface area contributed by atoms with Crippen LogP contribution >= 0.6 is 0 Å². The van der Waals surface area contributed by atoms with E-state index in [4.69, 9.17) is 4.74 Å². The number of pyridine rings is 1. The maximum atomic E-state index is 12.6. The Balaban J connectivity index is 1.27. The minimum Gasteiger partial charge on any atom is -0.372 e. The molecule has 0 spiro atoms. The summed E-state index contributed by atoms with van der Waals surface area (Å²) in [6, 6.07) is 9.00. The lowest BCUT2D eigenvalue weighted by Crippen LogP contribution is -2.45. The summed E-state index contributed by atoms with van der Waals surface area (Å²) in [6.45, 7) is 5.65. The number of morpholine rings is 1. The molecule has 1 saturated heterocycles. The first-order valence-electron chi connectivity index (χ1n) is 11.6. The van der Waals surface area contributed by atoms with Gasteiger partial charge in [0.1, 0.15) is 5.82 Å². The molecule has 0 radical (unpaired) electrons. The number of anilines is 2. The molecule has 1 aliphatic heterocycles. The highest BCUT2D eigenvalue weighted by Crippen LogP contribution is 2.24. The number of benzene rings is 1. The number of hydrogen-bond acceptors (Lipinski definition) is 6. The van der Waals surface area contributed by atoms with Gasteiger partial charge < -0.3 is 15.0 Å². The van der Waals surface area contributed by atoms with Gasteiger partial charge in [0.05, 0.1) is 29.0 Å². The Hall–Kier alpha value is -2.49. The first kappa shape index (κ1) is 23.7. The highest BCUT2D eigenvalue weighted by Gasteiger charge is 2.23. The van der Waals surface area contributed by atoms with E-state index < -0.39 is 10.0 Å². The number of carbonyl (C=O) groups is 1. The summed E-state index contributed by atoms with van der Waals surface area (Å²) in [5.41, 5.74) is 2.92. The van der Waals surface area contributed by atoms with Crippen LogP contribution in [0.1, 0.15) is 44.2 Å². The highest BCUT2D eigenvalue weighted by atomic mass is 32.2. The molecule has 33 heavy (non-hydrogen) atoms. The van der Waals surface area contributed by atoms with Crippen LogP contribution in [0.2, 0.25) is 0 Å². The predicted octanol–water partition coefficient (Wildman–Crippen LogP) is 2.88. The molecule has 0 bridgehead atoms. The normalized spacial score (nSPS) is 20.8. The first-order chi connectivity index (χ1) is 15.8. The number of hydrogen-bond donors (Lipinski definition) is 2. The van der Waals surface area contributed by atoms with Gasteiger partial charge in [-0.05, 0) is 74.9 Å². The molecule has 2 unspecified atom stereocenters. The van der Waals surface area contributed by atoms with Gasteiger partial charge in [-0.25, -0.2) is 18.1 Å². The second-order valence-corrected chi connectivity index (χ2v) is 10.7. The molecule has 0 saturated carbocycles. The Morgan fingerprint density at radius 3 is 2.52 bits per heavy atom. The van der Waals surface area contributed by atoms with Crippen molar-refractivity contribution in [2.75, 3.05) is 29.9 Å². The summed E-state index contributed by atoms with van der Waals surface area (Å²) in [6.07, 6.45) is 6.09. The summed E-state index contributed by atoms with van der Waals surface area (Å²) in [4.78, 5) is 19.2. The van der Waals surface area contributed by atoms with Crippen molar-refractivity contribution in [3.63, 3.8) is 0 Å². The zero-order valence-electron chi connectivity index (χ0n) is 19.2. The van der Waals surface area contributed by atoms with Gasteiger partial charge >= 0.3 is 0 Å². The lowest BCUT2D eigenvalue weighted by atomic mass is 9.92. The average Bonchev–Trinajstić information content (AvgIpc) is 2.78. The van der Waals surface area contributed by atoms with Gasteiger partial charge in [-0.2, -0.15) is 0 Å². The van der Waals surface area contributed by atoms with Crippen molar-refractivity contribution in [1.29, 1.82) is 0 Å². The second kappa shape index (κ2) is 10.2. The number of aryl methyl sites for hydroxylation is 2. The summed E-state index contributed by atoms with van der Waals surface area (Å²) in [5, 5.41) is 2.78. The van der Waals surface area contributed by atoms with Crippen molar-refractivity contribution < 1.29 is 17.9 Å². The Morgan fingerprint density at radius 1 is 1.09 bits per heavy atom. The molecule has 1 aromatic carbocycles. The molecular formula is C24H32N4O4S. The third-order valence-corrected chi connectivity index (χ3v) is 7.51. The quantitative estimate of drug-likeness (QED) is 0.643. The highest BCUT2D eigenvalue weighted by molar-refractivity contribution is 7.89. The third-order valence-electron chi connectivity index (χ3n) is 6.05. The van der Waals surface area contributed by atoms with Crippen LogP contribution in [0.25, 0.3) is 0 Å². The van der Waals surface area contributed by atoms with E-state index in [2.05, 4.69) is 19.9 Å². The van der Waals surface area contributed by atoms with Gasteiger partial charge in [0, 0.05) is 26.1 Å². The average molecular weight is 473 g/mol. The minimum absolute atomic E-state index is 0.0281. The largest absolute Gasteiger partial charge is 0.372 e. The SMILES string of the molecule is CC1CN(c2ccc(NC(=O)CCNS(=O)(=O)c3ccc4c(c3)CCCC4)cn2)CC(C)O1. The predicted molar refractivity (Wildman–Crippen MR) is 128 cm³/mol. The zero-order chi connectivity index (χ0) is 23.4. The number of aromatic nitrogens is 1. The molecular weight excluding hydrogens is 440 g/mol. The standard InChI is InChI=1S/C24H32N4O4S/c1-17-15-28(16-18(2)32-17)23-10-8-21(14-25-23)27-24(29)11-12-26-33(30,31)22-9-7-19-5-3-4-6-20(19)13-22/h7-10,13-14,17-18,26H,3-6,11-12,15-16H2,1-2H3,(H,27,29). The third kappa shape index (κ3) is 6.10. The van der Waals surface area contributed by atoms with Crippen LogP contribution in [0, 0.1) is 0 Å². The maximum absolute atomic E-state index is 12.6. The summed E-state index contributed by atoms with van der Waals surface area (Å²) >= 11 is 0. The van der Waals surface area contributed by atoms with E-state index in [1.165, 1.54) is 5.56 Å². The van der Waals surface area contributed by atoms with E-state index >= 15 is 0 Å². The summed E-state index contributed by atoms with van der Waals surface area (Å²) in [7, 11) is -3.65. The van der Waals surface area contributed by atoms with Gasteiger partial charge in [-0.15, -0.1) is 0 Å². The van der Waals surface area contributed by atoms with Crippen LogP contribution in [0.4, 0.5) is 11.5 Å². The number of amides is 1. The monoisotopic (exact) mass is 472 g/mol. The van der Waals surface area contributed by atoms with E-state index in [9.17, 15) is 13.2 Å². The van der Waals surface area contributed by atoms with E-state index in [0.717, 1.165) is 50.2 Å². The Labute approximate surface area is 195 Å². The van der Waals surface area contributed by atoms with Crippen molar-refractivity contribution in [3.05, 3.63) is 47.7 Å². The lowest BCUT2D eigenvalue weighted by molar-refractivity contribution is -0.116. The number of ether oxygens (including phenoxy) is 1. The van der Waals surface area contributed by atoms with E-state index in [0.29, 0.717) is 5.69 Å². The van der Waals surface area contributed by atoms with Crippen LogP contribution in [0.3, 0.4) is 0 Å². The Bertz CT molecular complexity index is 1080. The second-order valence-electron chi connectivity index (χ2n) is 8.90. The van der Waals surface area contributed by atoms with Gasteiger partial charge in [0.2, 0.25) is 15.9 Å². The maximum Gasteiger partial charge on any atom is 0.240 e. The number of nitrogens with zero attached hydrogens (tertiary/aromatic N) is 2. The Morgan fingerprint density at radius 2 is 1.82 bits per heavy atom. The molecule has 2 aromatic rings. The molecule has 2 atom stereocenters. The lowest BCUT2D eigenvalue weighted by Gasteiger charge is -2.36. The smallest absolute Gasteiger partial charge is 0.240 e. The molecule has 1 aromatic heterocycles. The molecule has 1 amide bonds. The number of rotatable bonds is 7. The van der Waals surface area contributed by atoms with E-state index in [-0.39, 0.29) is 36.0 Å². The molecule has 8 nitrogen and oxygen atoms in total. The molecule has 2 heterocycles. The van der Waals surface area contributed by atoms with Crippen molar-refractivity contribution in [2.45, 2.75) is 63.1 Å². The summed E-state index contributed by atoms with van der Waals surface area (Å²) in [5.74, 6) is 0.569. The van der Waals surface area contributed by atoms with Crippen LogP contribution in [-0.4, -0.2) is 51.2 Å². The van der Waals surface area contributed by atoms with Crippen LogP contribution < -0.4 is 14.9 Å². The van der Waals surface area contributed by atoms with Crippen molar-refractivity contribution in [2.24, 2.45) is 0 Å². The number of fused-ring (bicyclic) bond motifs is 1. The molecule has 9 heteroatoms. The van der Waals surface area contributed by atoms with Crippen LogP contribution in [0.5, 0.6) is 0 Å². The van der Waals surface area contributed by atoms with Gasteiger partial charge in [-0.3, -0.25) is 4.79 Å². The Kier molecular flexibility index (Phi) is 7.31. The topological polar surface area (TPSA) is 101 Å². The number of sulfonamides is 1. The molecule has 178 valence electrons.